The number of nitrogens with one attached hydrogen (secondary N) is 1. The van der Waals surface area contributed by atoms with Crippen LogP contribution in [-0.2, 0) is 0 Å². The molecule has 15 heavy (non-hydrogen) atoms. The molecule has 0 aliphatic carbocycles. The van der Waals surface area contributed by atoms with E-state index in [1.165, 1.54) is 0 Å². The zero-order chi connectivity index (χ0) is 10.7. The summed E-state index contributed by atoms with van der Waals surface area (Å²) in [7, 11) is 0. The summed E-state index contributed by atoms with van der Waals surface area (Å²) in [4.78, 5) is 2.48. The van der Waals surface area contributed by atoms with Gasteiger partial charge in [-0.1, -0.05) is 12.1 Å². The van der Waals surface area contributed by atoms with Gasteiger partial charge in [-0.2, -0.15) is 0 Å². The predicted octanol–water partition coefficient (Wildman–Crippen LogP) is 0.992. The fraction of sp³-hybridized carbons (Fsp3) is 0.727. The Morgan fingerprint density at radius 2 is 2.27 bits per heavy atom. The Bertz CT molecular complexity index is 305. The van der Waals surface area contributed by atoms with Crippen molar-refractivity contribution in [3.05, 3.63) is 17.5 Å². The van der Waals surface area contributed by atoms with Gasteiger partial charge in [-0.05, 0) is 6.92 Å². The van der Waals surface area contributed by atoms with E-state index >= 15 is 0 Å². The summed E-state index contributed by atoms with van der Waals surface area (Å²) < 4.78 is 5.09. The van der Waals surface area contributed by atoms with Gasteiger partial charge in [0.25, 0.3) is 0 Å². The van der Waals surface area contributed by atoms with Crippen molar-refractivity contribution in [1.29, 1.82) is 0 Å². The average molecular weight is 209 g/mol. The third-order valence-corrected chi connectivity index (χ3v) is 2.89. The standard InChI is InChI=1S/C11H19N3O/c1-9(11-7-10(2)15-13-11)8-14-5-3-12-4-6-14/h7,9,12H,3-6,8H2,1-2H3. The summed E-state index contributed by atoms with van der Waals surface area (Å²) in [6.45, 7) is 9.71. The molecule has 1 unspecified atom stereocenters. The molecule has 1 fully saturated rings. The Kier molecular flexibility index (Phi) is 3.38. The predicted molar refractivity (Wildman–Crippen MR) is 59.0 cm³/mol. The zero-order valence-corrected chi connectivity index (χ0v) is 9.49. The second kappa shape index (κ2) is 4.77. The van der Waals surface area contributed by atoms with Crippen LogP contribution < -0.4 is 5.32 Å². The van der Waals surface area contributed by atoms with Crippen molar-refractivity contribution in [2.75, 3.05) is 32.7 Å². The maximum absolute atomic E-state index is 5.09. The van der Waals surface area contributed by atoms with E-state index in [0.29, 0.717) is 5.92 Å². The lowest BCUT2D eigenvalue weighted by Crippen LogP contribution is -2.44. The van der Waals surface area contributed by atoms with Crippen LogP contribution in [0.15, 0.2) is 10.6 Å². The molecule has 1 aliphatic rings. The number of rotatable bonds is 3. The van der Waals surface area contributed by atoms with Gasteiger partial charge in [0.15, 0.2) is 0 Å². The van der Waals surface area contributed by atoms with Crippen LogP contribution in [0.25, 0.3) is 0 Å². The summed E-state index contributed by atoms with van der Waals surface area (Å²) in [5.41, 5.74) is 1.08. The number of nitrogens with zero attached hydrogens (tertiary/aromatic N) is 2. The first-order chi connectivity index (χ1) is 7.25. The van der Waals surface area contributed by atoms with Crippen LogP contribution in [0.3, 0.4) is 0 Å². The Labute approximate surface area is 90.6 Å². The summed E-state index contributed by atoms with van der Waals surface area (Å²) in [5, 5.41) is 7.42. The van der Waals surface area contributed by atoms with Crippen LogP contribution in [-0.4, -0.2) is 42.8 Å². The second-order valence-electron chi connectivity index (χ2n) is 4.31. The van der Waals surface area contributed by atoms with E-state index in [1.54, 1.807) is 0 Å². The molecule has 2 heterocycles. The molecule has 0 saturated carbocycles. The van der Waals surface area contributed by atoms with Crippen molar-refractivity contribution in [1.82, 2.24) is 15.4 Å². The van der Waals surface area contributed by atoms with Crippen LogP contribution in [0.5, 0.6) is 0 Å². The summed E-state index contributed by atoms with van der Waals surface area (Å²) >= 11 is 0. The molecule has 1 aromatic heterocycles. The van der Waals surface area contributed by atoms with Crippen LogP contribution in [0.2, 0.25) is 0 Å². The molecule has 0 amide bonds. The van der Waals surface area contributed by atoms with Crippen LogP contribution in [0, 0.1) is 6.92 Å². The van der Waals surface area contributed by atoms with E-state index in [0.717, 1.165) is 44.2 Å². The van der Waals surface area contributed by atoms with E-state index in [1.807, 2.05) is 13.0 Å². The number of hydrogen-bond acceptors (Lipinski definition) is 4. The maximum Gasteiger partial charge on any atom is 0.133 e. The molecule has 1 atom stereocenters. The normalized spacial score (nSPS) is 20.4. The van der Waals surface area contributed by atoms with E-state index in [2.05, 4.69) is 22.3 Å². The number of piperazine rings is 1. The highest BCUT2D eigenvalue weighted by molar-refractivity contribution is 5.09. The van der Waals surface area contributed by atoms with E-state index < -0.39 is 0 Å². The molecule has 1 N–H and O–H groups in total. The number of aryl methyl sites for hydroxylation is 1. The number of hydrogen-bond donors (Lipinski definition) is 1. The van der Waals surface area contributed by atoms with E-state index in [4.69, 9.17) is 4.52 Å². The maximum atomic E-state index is 5.09. The highest BCUT2D eigenvalue weighted by atomic mass is 16.5. The van der Waals surface area contributed by atoms with Crippen molar-refractivity contribution in [3.63, 3.8) is 0 Å². The van der Waals surface area contributed by atoms with E-state index in [9.17, 15) is 0 Å². The van der Waals surface area contributed by atoms with Crippen molar-refractivity contribution >= 4 is 0 Å². The minimum atomic E-state index is 0.459. The monoisotopic (exact) mass is 209 g/mol. The van der Waals surface area contributed by atoms with Gasteiger partial charge in [0.05, 0.1) is 5.69 Å². The van der Waals surface area contributed by atoms with Gasteiger partial charge in [0.1, 0.15) is 5.76 Å². The van der Waals surface area contributed by atoms with Crippen LogP contribution >= 0.6 is 0 Å². The Hall–Kier alpha value is -0.870. The molecule has 0 spiro atoms. The molecular weight excluding hydrogens is 190 g/mol. The fourth-order valence-electron chi connectivity index (χ4n) is 1.99. The third-order valence-electron chi connectivity index (χ3n) is 2.89. The first-order valence-electron chi connectivity index (χ1n) is 5.62. The molecule has 0 bridgehead atoms. The van der Waals surface area contributed by atoms with E-state index in [-0.39, 0.29) is 0 Å². The Balaban J connectivity index is 1.88. The molecule has 0 aromatic carbocycles. The smallest absolute Gasteiger partial charge is 0.133 e. The molecule has 4 heteroatoms. The minimum Gasteiger partial charge on any atom is -0.361 e. The Morgan fingerprint density at radius 1 is 1.53 bits per heavy atom. The van der Waals surface area contributed by atoms with Crippen molar-refractivity contribution < 1.29 is 4.52 Å². The summed E-state index contributed by atoms with van der Waals surface area (Å²) in [6.07, 6.45) is 0. The highest BCUT2D eigenvalue weighted by Gasteiger charge is 2.16. The first-order valence-corrected chi connectivity index (χ1v) is 5.62. The van der Waals surface area contributed by atoms with Crippen LogP contribution in [0.4, 0.5) is 0 Å². The van der Waals surface area contributed by atoms with Crippen molar-refractivity contribution in [2.45, 2.75) is 19.8 Å². The first kappa shape index (κ1) is 10.6. The van der Waals surface area contributed by atoms with Crippen LogP contribution in [0.1, 0.15) is 24.3 Å². The number of aromatic nitrogens is 1. The molecular formula is C11H19N3O. The quantitative estimate of drug-likeness (QED) is 0.806. The summed E-state index contributed by atoms with van der Waals surface area (Å²) in [6, 6.07) is 2.03. The highest BCUT2D eigenvalue weighted by Crippen LogP contribution is 2.16. The SMILES string of the molecule is Cc1cc(C(C)CN2CCNCC2)no1. The third kappa shape index (κ3) is 2.79. The lowest BCUT2D eigenvalue weighted by atomic mass is 10.1. The van der Waals surface area contributed by atoms with Gasteiger partial charge >= 0.3 is 0 Å². The largest absolute Gasteiger partial charge is 0.361 e. The van der Waals surface area contributed by atoms with Gasteiger partial charge in [-0.3, -0.25) is 0 Å². The Morgan fingerprint density at radius 3 is 2.87 bits per heavy atom. The van der Waals surface area contributed by atoms with Gasteiger partial charge in [-0.15, -0.1) is 0 Å². The van der Waals surface area contributed by atoms with Gasteiger partial charge < -0.3 is 14.7 Å². The lowest BCUT2D eigenvalue weighted by molar-refractivity contribution is 0.228. The molecule has 1 saturated heterocycles. The van der Waals surface area contributed by atoms with Crippen molar-refractivity contribution in [3.8, 4) is 0 Å². The minimum absolute atomic E-state index is 0.459. The molecule has 1 aliphatic heterocycles. The van der Waals surface area contributed by atoms with Gasteiger partial charge in [0, 0.05) is 44.7 Å². The van der Waals surface area contributed by atoms with Crippen molar-refractivity contribution in [2.24, 2.45) is 0 Å². The fourth-order valence-corrected chi connectivity index (χ4v) is 1.99. The second-order valence-corrected chi connectivity index (χ2v) is 4.31. The van der Waals surface area contributed by atoms with Gasteiger partial charge in [-0.25, -0.2) is 0 Å². The molecule has 84 valence electrons. The molecule has 4 nitrogen and oxygen atoms in total. The van der Waals surface area contributed by atoms with Gasteiger partial charge in [0.2, 0.25) is 0 Å². The average Bonchev–Trinajstić information content (AvgIpc) is 2.66. The topological polar surface area (TPSA) is 41.3 Å². The zero-order valence-electron chi connectivity index (χ0n) is 9.49. The molecule has 2 rings (SSSR count). The molecule has 1 aromatic rings. The lowest BCUT2D eigenvalue weighted by Gasteiger charge is -2.28. The molecule has 0 radical (unpaired) electrons. The summed E-state index contributed by atoms with van der Waals surface area (Å²) in [5.74, 6) is 1.36.